The van der Waals surface area contributed by atoms with Crippen LogP contribution in [0.5, 0.6) is 11.5 Å². The van der Waals surface area contributed by atoms with Crippen molar-refractivity contribution in [3.8, 4) is 17.2 Å². The fourth-order valence-electron chi connectivity index (χ4n) is 4.03. The molecule has 8 nitrogen and oxygen atoms in total. The molecule has 3 aromatic rings. The van der Waals surface area contributed by atoms with Crippen molar-refractivity contribution >= 4 is 23.6 Å². The number of fused-ring (bicyclic) bond motifs is 1. The lowest BCUT2D eigenvalue weighted by Crippen LogP contribution is -2.41. The topological polar surface area (TPSA) is 81.5 Å². The van der Waals surface area contributed by atoms with Gasteiger partial charge in [0.05, 0.1) is 18.0 Å². The molecule has 1 amide bonds. The van der Waals surface area contributed by atoms with Gasteiger partial charge in [0.25, 0.3) is 0 Å². The largest absolute Gasteiger partial charge is 0.486 e. The molecule has 0 aliphatic carbocycles. The third-order valence-electron chi connectivity index (χ3n) is 5.70. The number of carbonyl (C=O) groups is 1. The number of piperidine rings is 1. The van der Waals surface area contributed by atoms with Crippen LogP contribution in [-0.2, 0) is 4.79 Å². The predicted octanol–water partition coefficient (Wildman–Crippen LogP) is 3.31. The molecule has 2 aliphatic rings. The zero-order chi connectivity index (χ0) is 22.5. The van der Waals surface area contributed by atoms with Gasteiger partial charge in [0.15, 0.2) is 16.7 Å². The first-order chi connectivity index (χ1) is 16.3. The third kappa shape index (κ3) is 5.08. The molecule has 1 N–H and O–H groups in total. The number of benzene rings is 2. The molecule has 1 aromatic heterocycles. The van der Waals surface area contributed by atoms with Gasteiger partial charge in [-0.2, -0.15) is 0 Å². The van der Waals surface area contributed by atoms with Crippen LogP contribution in [0.1, 0.15) is 19.3 Å². The summed E-state index contributed by atoms with van der Waals surface area (Å²) < 4.78 is 13.7. The molecule has 5 rings (SSSR count). The predicted molar refractivity (Wildman–Crippen MR) is 128 cm³/mol. The Morgan fingerprint density at radius 2 is 1.76 bits per heavy atom. The fraction of sp³-hybridized carbons (Fsp3) is 0.375. The van der Waals surface area contributed by atoms with E-state index >= 15 is 0 Å². The van der Waals surface area contributed by atoms with Gasteiger partial charge in [-0.05, 0) is 43.5 Å². The number of aromatic nitrogens is 3. The summed E-state index contributed by atoms with van der Waals surface area (Å²) in [6.07, 6.45) is 3.35. The second-order valence-electron chi connectivity index (χ2n) is 8.09. The highest BCUT2D eigenvalue weighted by Gasteiger charge is 2.23. The van der Waals surface area contributed by atoms with E-state index in [4.69, 9.17) is 9.47 Å². The van der Waals surface area contributed by atoms with Crippen molar-refractivity contribution in [3.05, 3.63) is 54.6 Å². The summed E-state index contributed by atoms with van der Waals surface area (Å²) in [4.78, 5) is 14.8. The van der Waals surface area contributed by atoms with Crippen molar-refractivity contribution < 1.29 is 14.3 Å². The van der Waals surface area contributed by atoms with E-state index in [1.807, 2.05) is 54.6 Å². The Morgan fingerprint density at radius 3 is 2.58 bits per heavy atom. The van der Waals surface area contributed by atoms with Gasteiger partial charge >= 0.3 is 0 Å². The lowest BCUT2D eigenvalue weighted by Gasteiger charge is -2.27. The minimum absolute atomic E-state index is 0.0791. The van der Waals surface area contributed by atoms with Gasteiger partial charge in [0.1, 0.15) is 12.7 Å². The van der Waals surface area contributed by atoms with Crippen molar-refractivity contribution in [1.82, 2.24) is 20.1 Å². The molecule has 3 heterocycles. The SMILES string of the molecule is O=C(CSc1nnc(N2CCCCC2)n1-c1ccccc1)NCC1COc2ccccc2O1. The van der Waals surface area contributed by atoms with Crippen LogP contribution in [0.15, 0.2) is 59.8 Å². The highest BCUT2D eigenvalue weighted by atomic mass is 32.2. The van der Waals surface area contributed by atoms with E-state index in [-0.39, 0.29) is 17.8 Å². The zero-order valence-electron chi connectivity index (χ0n) is 18.4. The number of ether oxygens (including phenoxy) is 2. The number of anilines is 1. The minimum Gasteiger partial charge on any atom is -0.486 e. The number of hydrogen-bond acceptors (Lipinski definition) is 7. The molecule has 2 aromatic carbocycles. The molecule has 172 valence electrons. The lowest BCUT2D eigenvalue weighted by atomic mass is 10.1. The second-order valence-corrected chi connectivity index (χ2v) is 9.03. The standard InChI is InChI=1S/C24H27N5O3S/c30-22(25-15-19-16-31-20-11-5-6-12-21(20)32-19)17-33-24-27-26-23(28-13-7-2-8-14-28)29(24)18-9-3-1-4-10-18/h1,3-6,9-12,19H,2,7-8,13-17H2,(H,25,30). The highest BCUT2D eigenvalue weighted by molar-refractivity contribution is 7.99. The maximum Gasteiger partial charge on any atom is 0.232 e. The molecule has 2 aliphatic heterocycles. The van der Waals surface area contributed by atoms with Crippen LogP contribution < -0.4 is 19.7 Å². The number of nitrogens with zero attached hydrogens (tertiary/aromatic N) is 4. The summed E-state index contributed by atoms with van der Waals surface area (Å²) in [7, 11) is 0. The summed E-state index contributed by atoms with van der Waals surface area (Å²) >= 11 is 1.39. The summed E-state index contributed by atoms with van der Waals surface area (Å²) in [5, 5.41) is 12.6. The normalized spacial score (nSPS) is 17.6. The Kier molecular flexibility index (Phi) is 6.66. The summed E-state index contributed by atoms with van der Waals surface area (Å²) in [6.45, 7) is 2.75. The molecule has 1 fully saturated rings. The van der Waals surface area contributed by atoms with Crippen LogP contribution in [0, 0.1) is 0 Å². The van der Waals surface area contributed by atoms with Crippen LogP contribution in [0.3, 0.4) is 0 Å². The molecule has 0 radical (unpaired) electrons. The molecular formula is C24H27N5O3S. The Labute approximate surface area is 197 Å². The lowest BCUT2D eigenvalue weighted by molar-refractivity contribution is -0.119. The molecular weight excluding hydrogens is 438 g/mol. The van der Waals surface area contributed by atoms with Crippen molar-refractivity contribution in [3.63, 3.8) is 0 Å². The van der Waals surface area contributed by atoms with E-state index in [1.54, 1.807) is 0 Å². The minimum atomic E-state index is -0.215. The van der Waals surface area contributed by atoms with E-state index in [2.05, 4.69) is 25.0 Å². The average Bonchev–Trinajstić information content (AvgIpc) is 3.31. The Bertz CT molecular complexity index is 1080. The molecule has 9 heteroatoms. The average molecular weight is 466 g/mol. The first-order valence-electron chi connectivity index (χ1n) is 11.3. The van der Waals surface area contributed by atoms with Gasteiger partial charge < -0.3 is 19.7 Å². The Morgan fingerprint density at radius 1 is 1.00 bits per heavy atom. The monoisotopic (exact) mass is 465 g/mol. The molecule has 0 bridgehead atoms. The van der Waals surface area contributed by atoms with E-state index in [9.17, 15) is 4.79 Å². The van der Waals surface area contributed by atoms with Gasteiger partial charge in [-0.15, -0.1) is 10.2 Å². The van der Waals surface area contributed by atoms with Gasteiger partial charge in [-0.1, -0.05) is 42.1 Å². The fourth-order valence-corrected chi connectivity index (χ4v) is 4.81. The molecule has 1 unspecified atom stereocenters. The van der Waals surface area contributed by atoms with Crippen LogP contribution in [-0.4, -0.2) is 58.8 Å². The smallest absolute Gasteiger partial charge is 0.232 e. The van der Waals surface area contributed by atoms with E-state index in [0.717, 1.165) is 43.3 Å². The van der Waals surface area contributed by atoms with Crippen molar-refractivity contribution in [2.75, 3.05) is 36.9 Å². The quantitative estimate of drug-likeness (QED) is 0.536. The number of hydrogen-bond donors (Lipinski definition) is 1. The van der Waals surface area contributed by atoms with Crippen molar-refractivity contribution in [2.45, 2.75) is 30.5 Å². The third-order valence-corrected chi connectivity index (χ3v) is 6.63. The molecule has 0 saturated carbocycles. The molecule has 33 heavy (non-hydrogen) atoms. The first-order valence-corrected chi connectivity index (χ1v) is 12.3. The molecule has 1 saturated heterocycles. The van der Waals surface area contributed by atoms with Crippen LogP contribution in [0.2, 0.25) is 0 Å². The van der Waals surface area contributed by atoms with Crippen LogP contribution >= 0.6 is 11.8 Å². The maximum atomic E-state index is 12.6. The Balaban J connectivity index is 1.21. The van der Waals surface area contributed by atoms with Crippen molar-refractivity contribution in [1.29, 1.82) is 0 Å². The number of rotatable bonds is 7. The van der Waals surface area contributed by atoms with Crippen molar-refractivity contribution in [2.24, 2.45) is 0 Å². The molecule has 1 atom stereocenters. The Hall–Kier alpha value is -3.20. The summed E-state index contributed by atoms with van der Waals surface area (Å²) in [6, 6.07) is 17.6. The van der Waals surface area contributed by atoms with Gasteiger partial charge in [-0.3, -0.25) is 9.36 Å². The summed E-state index contributed by atoms with van der Waals surface area (Å²) in [5.41, 5.74) is 0.998. The number of thioether (sulfide) groups is 1. The number of amides is 1. The van der Waals surface area contributed by atoms with E-state index in [1.165, 1.54) is 18.2 Å². The number of para-hydroxylation sites is 3. The van der Waals surface area contributed by atoms with E-state index < -0.39 is 0 Å². The number of carbonyl (C=O) groups excluding carboxylic acids is 1. The zero-order valence-corrected chi connectivity index (χ0v) is 19.2. The first kappa shape index (κ1) is 21.6. The van der Waals surface area contributed by atoms with Gasteiger partial charge in [0.2, 0.25) is 11.9 Å². The highest BCUT2D eigenvalue weighted by Crippen LogP contribution is 2.31. The van der Waals surface area contributed by atoms with Gasteiger partial charge in [-0.25, -0.2) is 0 Å². The van der Waals surface area contributed by atoms with Crippen LogP contribution in [0.25, 0.3) is 5.69 Å². The number of nitrogens with one attached hydrogen (secondary N) is 1. The van der Waals surface area contributed by atoms with Crippen LogP contribution in [0.4, 0.5) is 5.95 Å². The maximum absolute atomic E-state index is 12.6. The van der Waals surface area contributed by atoms with Gasteiger partial charge in [0, 0.05) is 13.1 Å². The van der Waals surface area contributed by atoms with E-state index in [0.29, 0.717) is 24.1 Å². The second kappa shape index (κ2) is 10.2. The summed E-state index contributed by atoms with van der Waals surface area (Å²) in [5.74, 6) is 2.45. The molecule has 0 spiro atoms.